The molecule has 1 aliphatic rings. The molecular formula is C15H24N4O. The van der Waals surface area contributed by atoms with Crippen LogP contribution in [0.4, 0.5) is 5.82 Å². The van der Waals surface area contributed by atoms with Gasteiger partial charge in [-0.2, -0.15) is 0 Å². The molecule has 1 heterocycles. The maximum Gasteiger partial charge on any atom is 0.271 e. The lowest BCUT2D eigenvalue weighted by Crippen LogP contribution is -2.38. The van der Waals surface area contributed by atoms with Crippen LogP contribution in [0.15, 0.2) is 12.4 Å². The van der Waals surface area contributed by atoms with E-state index in [4.69, 9.17) is 0 Å². The second-order valence-electron chi connectivity index (χ2n) is 5.50. The quantitative estimate of drug-likeness (QED) is 0.867. The number of carbonyl (C=O) groups excluding carboxylic acids is 1. The van der Waals surface area contributed by atoms with Gasteiger partial charge in [0.15, 0.2) is 0 Å². The van der Waals surface area contributed by atoms with Crippen molar-refractivity contribution in [2.45, 2.75) is 46.1 Å². The number of rotatable bonds is 5. The maximum absolute atomic E-state index is 12.2. The van der Waals surface area contributed by atoms with E-state index in [0.29, 0.717) is 17.4 Å². The Morgan fingerprint density at radius 1 is 1.30 bits per heavy atom. The summed E-state index contributed by atoms with van der Waals surface area (Å²) in [5, 5.41) is 6.16. The Morgan fingerprint density at radius 3 is 2.65 bits per heavy atom. The van der Waals surface area contributed by atoms with Crippen molar-refractivity contribution in [2.24, 2.45) is 11.8 Å². The molecule has 1 fully saturated rings. The highest BCUT2D eigenvalue weighted by Gasteiger charge is 2.32. The SMILES string of the molecule is CCNc1cnc(C(=O)NC2CCC(CC)C2C)cn1. The first-order valence-electron chi connectivity index (χ1n) is 7.52. The average Bonchev–Trinajstić information content (AvgIpc) is 2.80. The van der Waals surface area contributed by atoms with Crippen LogP contribution in [0.3, 0.4) is 0 Å². The van der Waals surface area contributed by atoms with E-state index in [1.54, 1.807) is 6.20 Å². The lowest BCUT2D eigenvalue weighted by Gasteiger charge is -2.20. The van der Waals surface area contributed by atoms with Gasteiger partial charge in [0.2, 0.25) is 0 Å². The van der Waals surface area contributed by atoms with Gasteiger partial charge in [-0.25, -0.2) is 9.97 Å². The number of carbonyl (C=O) groups is 1. The number of nitrogens with zero attached hydrogens (tertiary/aromatic N) is 2. The van der Waals surface area contributed by atoms with E-state index >= 15 is 0 Å². The van der Waals surface area contributed by atoms with Crippen LogP contribution >= 0.6 is 0 Å². The summed E-state index contributed by atoms with van der Waals surface area (Å²) in [4.78, 5) is 20.5. The predicted molar refractivity (Wildman–Crippen MR) is 79.6 cm³/mol. The molecular weight excluding hydrogens is 252 g/mol. The van der Waals surface area contributed by atoms with Gasteiger partial charge in [-0.15, -0.1) is 0 Å². The fourth-order valence-corrected chi connectivity index (χ4v) is 2.99. The van der Waals surface area contributed by atoms with Crippen LogP contribution in [0.2, 0.25) is 0 Å². The van der Waals surface area contributed by atoms with Gasteiger partial charge in [0, 0.05) is 12.6 Å². The molecule has 0 saturated heterocycles. The summed E-state index contributed by atoms with van der Waals surface area (Å²) in [5.41, 5.74) is 0.388. The van der Waals surface area contributed by atoms with E-state index in [1.165, 1.54) is 19.0 Å². The van der Waals surface area contributed by atoms with E-state index < -0.39 is 0 Å². The van der Waals surface area contributed by atoms with Crippen LogP contribution < -0.4 is 10.6 Å². The molecule has 2 N–H and O–H groups in total. The minimum Gasteiger partial charge on any atom is -0.369 e. The van der Waals surface area contributed by atoms with Crippen molar-refractivity contribution in [1.29, 1.82) is 0 Å². The highest BCUT2D eigenvalue weighted by molar-refractivity contribution is 5.92. The molecule has 0 spiro atoms. The van der Waals surface area contributed by atoms with Crippen LogP contribution in [0.25, 0.3) is 0 Å². The second kappa shape index (κ2) is 6.68. The molecule has 0 bridgehead atoms. The van der Waals surface area contributed by atoms with Gasteiger partial charge < -0.3 is 10.6 Å². The summed E-state index contributed by atoms with van der Waals surface area (Å²) in [7, 11) is 0. The van der Waals surface area contributed by atoms with Gasteiger partial charge in [0.25, 0.3) is 5.91 Å². The van der Waals surface area contributed by atoms with Crippen LogP contribution in [0, 0.1) is 11.8 Å². The molecule has 0 aliphatic heterocycles. The summed E-state index contributed by atoms with van der Waals surface area (Å²) < 4.78 is 0. The molecule has 0 aromatic carbocycles. The first-order valence-corrected chi connectivity index (χ1v) is 7.52. The van der Waals surface area contributed by atoms with Gasteiger partial charge in [0.1, 0.15) is 11.5 Å². The van der Waals surface area contributed by atoms with Crippen molar-refractivity contribution < 1.29 is 4.79 Å². The normalized spacial score (nSPS) is 25.4. The van der Waals surface area contributed by atoms with Gasteiger partial charge in [-0.1, -0.05) is 20.3 Å². The second-order valence-corrected chi connectivity index (χ2v) is 5.50. The topological polar surface area (TPSA) is 66.9 Å². The van der Waals surface area contributed by atoms with Crippen molar-refractivity contribution in [1.82, 2.24) is 15.3 Å². The molecule has 3 unspecified atom stereocenters. The molecule has 110 valence electrons. The monoisotopic (exact) mass is 276 g/mol. The van der Waals surface area contributed by atoms with Gasteiger partial charge in [0.05, 0.1) is 12.4 Å². The Labute approximate surface area is 120 Å². The first kappa shape index (κ1) is 14.8. The zero-order valence-electron chi connectivity index (χ0n) is 12.5. The van der Waals surface area contributed by atoms with Crippen molar-refractivity contribution in [3.63, 3.8) is 0 Å². The van der Waals surface area contributed by atoms with Crippen LogP contribution in [-0.2, 0) is 0 Å². The fraction of sp³-hybridized carbons (Fsp3) is 0.667. The highest BCUT2D eigenvalue weighted by Crippen LogP contribution is 2.33. The molecule has 2 rings (SSSR count). The fourth-order valence-electron chi connectivity index (χ4n) is 2.99. The lowest BCUT2D eigenvalue weighted by atomic mass is 9.93. The van der Waals surface area contributed by atoms with Crippen molar-refractivity contribution in [2.75, 3.05) is 11.9 Å². The van der Waals surface area contributed by atoms with E-state index in [2.05, 4.69) is 34.4 Å². The number of hydrogen-bond acceptors (Lipinski definition) is 4. The van der Waals surface area contributed by atoms with E-state index in [-0.39, 0.29) is 11.9 Å². The molecule has 1 aromatic heterocycles. The average molecular weight is 276 g/mol. The lowest BCUT2D eigenvalue weighted by molar-refractivity contribution is 0.0921. The molecule has 5 heteroatoms. The third-order valence-corrected chi connectivity index (χ3v) is 4.31. The first-order chi connectivity index (χ1) is 9.65. The van der Waals surface area contributed by atoms with E-state index in [9.17, 15) is 4.79 Å². The van der Waals surface area contributed by atoms with Crippen molar-refractivity contribution in [3.8, 4) is 0 Å². The smallest absolute Gasteiger partial charge is 0.271 e. The highest BCUT2D eigenvalue weighted by atomic mass is 16.1. The molecule has 1 aliphatic carbocycles. The van der Waals surface area contributed by atoms with E-state index in [0.717, 1.165) is 18.9 Å². The number of amides is 1. The zero-order valence-corrected chi connectivity index (χ0v) is 12.5. The third kappa shape index (κ3) is 3.26. The van der Waals surface area contributed by atoms with Gasteiger partial charge in [-0.3, -0.25) is 4.79 Å². The molecule has 3 atom stereocenters. The molecule has 1 amide bonds. The molecule has 20 heavy (non-hydrogen) atoms. The Morgan fingerprint density at radius 2 is 2.10 bits per heavy atom. The number of nitrogens with one attached hydrogen (secondary N) is 2. The summed E-state index contributed by atoms with van der Waals surface area (Å²) in [6, 6.07) is 0.266. The molecule has 1 saturated carbocycles. The third-order valence-electron chi connectivity index (χ3n) is 4.31. The largest absolute Gasteiger partial charge is 0.369 e. The predicted octanol–water partition coefficient (Wildman–Crippen LogP) is 2.46. The van der Waals surface area contributed by atoms with Crippen LogP contribution in [0.1, 0.15) is 50.5 Å². The molecule has 0 radical (unpaired) electrons. The Hall–Kier alpha value is -1.65. The number of hydrogen-bond donors (Lipinski definition) is 2. The standard InChI is InChI=1S/C15H24N4O/c1-4-11-6-7-12(10(11)3)19-15(20)13-8-18-14(9-17-13)16-5-2/h8-12H,4-7H2,1-3H3,(H,16,18)(H,19,20). The summed E-state index contributed by atoms with van der Waals surface area (Å²) in [6.45, 7) is 7.23. The van der Waals surface area contributed by atoms with Crippen LogP contribution in [-0.4, -0.2) is 28.5 Å². The number of aromatic nitrogens is 2. The van der Waals surface area contributed by atoms with Crippen molar-refractivity contribution >= 4 is 11.7 Å². The maximum atomic E-state index is 12.2. The summed E-state index contributed by atoms with van der Waals surface area (Å²) >= 11 is 0. The van der Waals surface area contributed by atoms with E-state index in [1.807, 2.05) is 6.92 Å². The Balaban J connectivity index is 1.95. The van der Waals surface area contributed by atoms with Crippen molar-refractivity contribution in [3.05, 3.63) is 18.1 Å². The zero-order chi connectivity index (χ0) is 14.5. The molecule has 5 nitrogen and oxygen atoms in total. The molecule has 1 aromatic rings. The van der Waals surface area contributed by atoms with Crippen LogP contribution in [0.5, 0.6) is 0 Å². The summed E-state index contributed by atoms with van der Waals surface area (Å²) in [6.07, 6.45) is 6.59. The van der Waals surface area contributed by atoms with Gasteiger partial charge >= 0.3 is 0 Å². The Bertz CT molecular complexity index is 446. The number of anilines is 1. The summed E-state index contributed by atoms with van der Waals surface area (Å²) in [5.74, 6) is 1.85. The Kier molecular flexibility index (Phi) is 4.93. The minimum atomic E-state index is -0.117. The minimum absolute atomic E-state index is 0.117. The van der Waals surface area contributed by atoms with Gasteiger partial charge in [-0.05, 0) is 31.6 Å².